The lowest BCUT2D eigenvalue weighted by molar-refractivity contribution is 0.207. The summed E-state index contributed by atoms with van der Waals surface area (Å²) >= 11 is 0. The van der Waals surface area contributed by atoms with Crippen molar-refractivity contribution in [1.82, 2.24) is 9.88 Å². The smallest absolute Gasteiger partial charge is 0.317 e. The molecule has 1 aliphatic heterocycles. The maximum absolute atomic E-state index is 12.9. The zero-order valence-corrected chi connectivity index (χ0v) is 14.5. The van der Waals surface area contributed by atoms with Crippen molar-refractivity contribution in [3.8, 4) is 0 Å². The molecule has 0 saturated carbocycles. The van der Waals surface area contributed by atoms with Crippen LogP contribution in [0, 0.1) is 0 Å². The molecular weight excluding hydrogens is 298 g/mol. The van der Waals surface area contributed by atoms with Gasteiger partial charge in [0.15, 0.2) is 0 Å². The van der Waals surface area contributed by atoms with Gasteiger partial charge in [-0.3, -0.25) is 4.98 Å². The average molecular weight is 323 g/mol. The number of urea groups is 1. The molecule has 4 heteroatoms. The summed E-state index contributed by atoms with van der Waals surface area (Å²) in [6.45, 7) is 5.05. The summed E-state index contributed by atoms with van der Waals surface area (Å²) in [5.74, 6) is 0. The Kier molecular flexibility index (Phi) is 5.14. The highest BCUT2D eigenvalue weighted by Crippen LogP contribution is 2.32. The molecule has 1 atom stereocenters. The van der Waals surface area contributed by atoms with Crippen LogP contribution in [-0.4, -0.2) is 22.5 Å². The largest absolute Gasteiger partial charge is 0.322 e. The number of hydrogen-bond acceptors (Lipinski definition) is 2. The Bertz CT molecular complexity index is 699. The highest BCUT2D eigenvalue weighted by Gasteiger charge is 2.30. The molecule has 1 N–H and O–H groups in total. The molecule has 2 amide bonds. The third kappa shape index (κ3) is 3.42. The monoisotopic (exact) mass is 323 g/mol. The van der Waals surface area contributed by atoms with E-state index >= 15 is 0 Å². The molecule has 1 aromatic heterocycles. The van der Waals surface area contributed by atoms with Gasteiger partial charge in [0, 0.05) is 24.6 Å². The van der Waals surface area contributed by atoms with Crippen molar-refractivity contribution >= 4 is 11.7 Å². The van der Waals surface area contributed by atoms with E-state index in [0.29, 0.717) is 0 Å². The van der Waals surface area contributed by atoms with Gasteiger partial charge < -0.3 is 10.2 Å². The predicted molar refractivity (Wildman–Crippen MR) is 97.1 cm³/mol. The minimum absolute atomic E-state index is 0.00253. The average Bonchev–Trinajstić information content (AvgIpc) is 3.12. The van der Waals surface area contributed by atoms with Crippen LogP contribution in [0.4, 0.5) is 10.5 Å². The van der Waals surface area contributed by atoms with Gasteiger partial charge in [-0.15, -0.1) is 0 Å². The summed E-state index contributed by atoms with van der Waals surface area (Å²) in [6, 6.07) is 10.5. The number of nitrogens with one attached hydrogen (secondary N) is 1. The molecule has 24 heavy (non-hydrogen) atoms. The zero-order chi connectivity index (χ0) is 16.9. The van der Waals surface area contributed by atoms with Crippen LogP contribution in [0.1, 0.15) is 49.4 Å². The fraction of sp³-hybridized carbons (Fsp3) is 0.400. The van der Waals surface area contributed by atoms with Crippen LogP contribution in [-0.2, 0) is 12.8 Å². The van der Waals surface area contributed by atoms with Gasteiger partial charge in [-0.2, -0.15) is 0 Å². The molecule has 1 aliphatic rings. The van der Waals surface area contributed by atoms with E-state index in [0.717, 1.165) is 43.5 Å². The van der Waals surface area contributed by atoms with Gasteiger partial charge in [-0.05, 0) is 60.6 Å². The Balaban J connectivity index is 1.79. The highest BCUT2D eigenvalue weighted by molar-refractivity contribution is 5.90. The second kappa shape index (κ2) is 7.47. The van der Waals surface area contributed by atoms with E-state index in [9.17, 15) is 4.79 Å². The minimum atomic E-state index is -0.00253. The summed E-state index contributed by atoms with van der Waals surface area (Å²) in [5.41, 5.74) is 4.53. The van der Waals surface area contributed by atoms with E-state index in [2.05, 4.69) is 42.3 Å². The number of carbonyl (C=O) groups is 1. The number of likely N-dealkylation sites (tertiary alicyclic amines) is 1. The van der Waals surface area contributed by atoms with E-state index in [4.69, 9.17) is 0 Å². The second-order valence-electron chi connectivity index (χ2n) is 6.26. The van der Waals surface area contributed by atoms with Crippen LogP contribution < -0.4 is 5.32 Å². The Morgan fingerprint density at radius 3 is 2.71 bits per heavy atom. The molecule has 2 heterocycles. The number of rotatable bonds is 4. The summed E-state index contributed by atoms with van der Waals surface area (Å²) in [6.07, 6.45) is 7.51. The number of benzene rings is 1. The third-order valence-corrected chi connectivity index (χ3v) is 4.81. The molecule has 126 valence electrons. The Morgan fingerprint density at radius 2 is 2.00 bits per heavy atom. The number of aryl methyl sites for hydroxylation is 2. The normalized spacial score (nSPS) is 17.1. The molecule has 1 aromatic carbocycles. The molecule has 0 radical (unpaired) electrons. The zero-order valence-electron chi connectivity index (χ0n) is 14.5. The molecule has 0 bridgehead atoms. The fourth-order valence-electron chi connectivity index (χ4n) is 3.40. The van der Waals surface area contributed by atoms with Gasteiger partial charge in [0.2, 0.25) is 0 Å². The van der Waals surface area contributed by atoms with Crippen LogP contribution in [0.5, 0.6) is 0 Å². The second-order valence-corrected chi connectivity index (χ2v) is 6.26. The van der Waals surface area contributed by atoms with Gasteiger partial charge >= 0.3 is 6.03 Å². The number of nitrogens with zero attached hydrogens (tertiary/aromatic N) is 2. The first-order valence-corrected chi connectivity index (χ1v) is 8.82. The summed E-state index contributed by atoms with van der Waals surface area (Å²) in [7, 11) is 0. The first kappa shape index (κ1) is 16.5. The molecule has 2 aromatic rings. The molecule has 1 fully saturated rings. The van der Waals surface area contributed by atoms with Crippen molar-refractivity contribution in [3.05, 3.63) is 59.4 Å². The molecule has 1 saturated heterocycles. The number of amides is 2. The molecule has 0 aliphatic carbocycles. The number of pyridine rings is 1. The van der Waals surface area contributed by atoms with E-state index in [-0.39, 0.29) is 12.1 Å². The van der Waals surface area contributed by atoms with Crippen LogP contribution in [0.3, 0.4) is 0 Å². The molecule has 3 rings (SSSR count). The van der Waals surface area contributed by atoms with Crippen LogP contribution in [0.25, 0.3) is 0 Å². The number of hydrogen-bond donors (Lipinski definition) is 1. The van der Waals surface area contributed by atoms with Crippen molar-refractivity contribution in [2.75, 3.05) is 11.9 Å². The number of carbonyl (C=O) groups excluding carboxylic acids is 1. The van der Waals surface area contributed by atoms with E-state index in [1.54, 1.807) is 12.4 Å². The minimum Gasteiger partial charge on any atom is -0.317 e. The van der Waals surface area contributed by atoms with Crippen molar-refractivity contribution in [1.29, 1.82) is 0 Å². The molecular formula is C20H25N3O. The first-order valence-electron chi connectivity index (χ1n) is 8.82. The van der Waals surface area contributed by atoms with Crippen molar-refractivity contribution < 1.29 is 4.79 Å². The topological polar surface area (TPSA) is 45.2 Å². The van der Waals surface area contributed by atoms with Gasteiger partial charge in [0.05, 0.1) is 6.04 Å². The van der Waals surface area contributed by atoms with E-state index in [1.807, 2.05) is 17.0 Å². The SMILES string of the molecule is CCc1ccc(CC)c(NC(=O)N2CCCC2c2ccncc2)c1. The molecule has 1 unspecified atom stereocenters. The van der Waals surface area contributed by atoms with Crippen molar-refractivity contribution in [3.63, 3.8) is 0 Å². The lowest BCUT2D eigenvalue weighted by Crippen LogP contribution is -2.34. The van der Waals surface area contributed by atoms with Crippen molar-refractivity contribution in [2.45, 2.75) is 45.6 Å². The fourth-order valence-corrected chi connectivity index (χ4v) is 3.40. The van der Waals surface area contributed by atoms with Gasteiger partial charge in [-0.25, -0.2) is 4.79 Å². The number of anilines is 1. The van der Waals surface area contributed by atoms with Gasteiger partial charge in [-0.1, -0.05) is 26.0 Å². The standard InChI is InChI=1S/C20H25N3O/c1-3-15-7-8-16(4-2)18(14-15)22-20(24)23-13-5-6-19(23)17-9-11-21-12-10-17/h7-12,14,19H,3-6,13H2,1-2H3,(H,22,24). The summed E-state index contributed by atoms with van der Waals surface area (Å²) < 4.78 is 0. The van der Waals surface area contributed by atoms with Crippen LogP contribution >= 0.6 is 0 Å². The van der Waals surface area contributed by atoms with Gasteiger partial charge in [0.1, 0.15) is 0 Å². The first-order chi connectivity index (χ1) is 11.7. The summed E-state index contributed by atoms with van der Waals surface area (Å²) in [5, 5.41) is 3.15. The Labute approximate surface area is 143 Å². The maximum Gasteiger partial charge on any atom is 0.322 e. The van der Waals surface area contributed by atoms with E-state index in [1.165, 1.54) is 11.1 Å². The summed E-state index contributed by atoms with van der Waals surface area (Å²) in [4.78, 5) is 18.9. The highest BCUT2D eigenvalue weighted by atomic mass is 16.2. The quantitative estimate of drug-likeness (QED) is 0.895. The lowest BCUT2D eigenvalue weighted by atomic mass is 10.1. The van der Waals surface area contributed by atoms with E-state index < -0.39 is 0 Å². The predicted octanol–water partition coefficient (Wildman–Crippen LogP) is 4.58. The van der Waals surface area contributed by atoms with Gasteiger partial charge in [0.25, 0.3) is 0 Å². The van der Waals surface area contributed by atoms with Crippen LogP contribution in [0.2, 0.25) is 0 Å². The Morgan fingerprint density at radius 1 is 1.21 bits per heavy atom. The molecule has 0 spiro atoms. The van der Waals surface area contributed by atoms with Crippen molar-refractivity contribution in [2.24, 2.45) is 0 Å². The Hall–Kier alpha value is -2.36. The lowest BCUT2D eigenvalue weighted by Gasteiger charge is -2.26. The maximum atomic E-state index is 12.9. The number of aromatic nitrogens is 1. The molecule has 4 nitrogen and oxygen atoms in total. The van der Waals surface area contributed by atoms with Crippen LogP contribution in [0.15, 0.2) is 42.7 Å². The third-order valence-electron chi connectivity index (χ3n) is 4.81.